The number of benzene rings is 1. The van der Waals surface area contributed by atoms with Gasteiger partial charge in [-0.2, -0.15) is 5.26 Å². The van der Waals surface area contributed by atoms with Crippen LogP contribution in [0, 0.1) is 11.3 Å². The molecule has 2 unspecified atom stereocenters. The average molecular weight is 304 g/mol. The van der Waals surface area contributed by atoms with Gasteiger partial charge >= 0.3 is 5.97 Å². The molecule has 1 fully saturated rings. The molecule has 0 radical (unpaired) electrons. The van der Waals surface area contributed by atoms with Crippen molar-refractivity contribution >= 4 is 23.6 Å². The van der Waals surface area contributed by atoms with Gasteiger partial charge in [-0.3, -0.25) is 4.79 Å². The highest BCUT2D eigenvalue weighted by molar-refractivity contribution is 8.00. The second-order valence-corrected chi connectivity index (χ2v) is 6.04. The Bertz CT molecular complexity index is 580. The predicted molar refractivity (Wildman–Crippen MR) is 79.9 cm³/mol. The van der Waals surface area contributed by atoms with Crippen LogP contribution in [0.4, 0.5) is 0 Å². The third-order valence-corrected chi connectivity index (χ3v) is 4.76. The number of nitrogens with zero attached hydrogens (tertiary/aromatic N) is 2. The van der Waals surface area contributed by atoms with E-state index in [1.807, 2.05) is 13.0 Å². The number of carbonyl (C=O) groups excluding carboxylic acids is 1. The van der Waals surface area contributed by atoms with Crippen molar-refractivity contribution in [2.24, 2.45) is 0 Å². The van der Waals surface area contributed by atoms with E-state index in [1.165, 1.54) is 16.7 Å². The van der Waals surface area contributed by atoms with Gasteiger partial charge in [-0.25, -0.2) is 4.79 Å². The minimum Gasteiger partial charge on any atom is -0.480 e. The van der Waals surface area contributed by atoms with Gasteiger partial charge in [0.05, 0.1) is 17.0 Å². The maximum Gasteiger partial charge on any atom is 0.327 e. The predicted octanol–water partition coefficient (Wildman–Crippen LogP) is 2.33. The summed E-state index contributed by atoms with van der Waals surface area (Å²) in [6.45, 7) is 2.01. The summed E-state index contributed by atoms with van der Waals surface area (Å²) >= 11 is 1.51. The molecule has 5 nitrogen and oxygen atoms in total. The quantitative estimate of drug-likeness (QED) is 0.923. The number of rotatable bonds is 4. The zero-order chi connectivity index (χ0) is 15.4. The first kappa shape index (κ1) is 15.4. The van der Waals surface area contributed by atoms with Gasteiger partial charge in [0.25, 0.3) is 5.91 Å². The smallest absolute Gasteiger partial charge is 0.327 e. The van der Waals surface area contributed by atoms with E-state index in [4.69, 9.17) is 5.26 Å². The number of hydrogen-bond donors (Lipinski definition) is 1. The topological polar surface area (TPSA) is 81.4 Å². The van der Waals surface area contributed by atoms with E-state index in [0.29, 0.717) is 16.9 Å². The molecule has 0 spiro atoms. The van der Waals surface area contributed by atoms with E-state index in [0.717, 1.165) is 12.8 Å². The van der Waals surface area contributed by atoms with Crippen LogP contribution in [0.3, 0.4) is 0 Å². The van der Waals surface area contributed by atoms with Gasteiger partial charge in [-0.05, 0) is 30.7 Å². The Morgan fingerprint density at radius 1 is 1.43 bits per heavy atom. The molecule has 0 saturated carbocycles. The summed E-state index contributed by atoms with van der Waals surface area (Å²) in [5.41, 5.74) is 0.895. The number of carbonyl (C=O) groups is 2. The van der Waals surface area contributed by atoms with Crippen molar-refractivity contribution in [1.29, 1.82) is 5.26 Å². The molecule has 1 aliphatic heterocycles. The molecule has 1 saturated heterocycles. The number of aliphatic carboxylic acids is 1. The number of hydrogen-bond acceptors (Lipinski definition) is 4. The number of amides is 1. The largest absolute Gasteiger partial charge is 0.480 e. The van der Waals surface area contributed by atoms with Crippen molar-refractivity contribution in [1.82, 2.24) is 4.90 Å². The van der Waals surface area contributed by atoms with E-state index in [1.54, 1.807) is 24.3 Å². The lowest BCUT2D eigenvalue weighted by molar-refractivity contribution is -0.141. The summed E-state index contributed by atoms with van der Waals surface area (Å²) in [7, 11) is 0. The second kappa shape index (κ2) is 6.64. The van der Waals surface area contributed by atoms with Gasteiger partial charge in [0.2, 0.25) is 0 Å². The van der Waals surface area contributed by atoms with E-state index < -0.39 is 12.0 Å². The van der Waals surface area contributed by atoms with Gasteiger partial charge in [-0.15, -0.1) is 11.8 Å². The van der Waals surface area contributed by atoms with Crippen LogP contribution < -0.4 is 0 Å². The van der Waals surface area contributed by atoms with E-state index >= 15 is 0 Å². The first-order chi connectivity index (χ1) is 10.1. The highest BCUT2D eigenvalue weighted by Gasteiger charge is 2.41. The minimum absolute atomic E-state index is 0.0979. The molecule has 0 bridgehead atoms. The second-order valence-electron chi connectivity index (χ2n) is 4.83. The van der Waals surface area contributed by atoms with Gasteiger partial charge in [0.15, 0.2) is 0 Å². The number of carboxylic acids is 1. The van der Waals surface area contributed by atoms with Crippen LogP contribution in [0.15, 0.2) is 24.3 Å². The Morgan fingerprint density at radius 2 is 2.10 bits per heavy atom. The normalized spacial score (nSPS) is 21.0. The first-order valence-electron chi connectivity index (χ1n) is 6.75. The molecule has 21 heavy (non-hydrogen) atoms. The fourth-order valence-corrected chi connectivity index (χ4v) is 3.85. The van der Waals surface area contributed by atoms with E-state index in [-0.39, 0.29) is 11.3 Å². The van der Waals surface area contributed by atoms with Crippen molar-refractivity contribution in [2.75, 3.05) is 5.75 Å². The number of thioether (sulfide) groups is 1. The Hall–Kier alpha value is -2.00. The van der Waals surface area contributed by atoms with Gasteiger partial charge in [-0.1, -0.05) is 13.3 Å². The maximum atomic E-state index is 12.6. The molecular formula is C15H16N2O3S. The highest BCUT2D eigenvalue weighted by Crippen LogP contribution is 2.33. The molecule has 1 heterocycles. The van der Waals surface area contributed by atoms with Gasteiger partial charge in [0, 0.05) is 11.3 Å². The van der Waals surface area contributed by atoms with Crippen LogP contribution in [-0.2, 0) is 4.79 Å². The van der Waals surface area contributed by atoms with E-state index in [9.17, 15) is 14.7 Å². The SMILES string of the molecule is CCCC1SCC(C(=O)O)N1C(=O)c1ccc(C#N)cc1. The maximum absolute atomic E-state index is 12.6. The van der Waals surface area contributed by atoms with Crippen LogP contribution in [0.2, 0.25) is 0 Å². The molecular weight excluding hydrogens is 288 g/mol. The molecule has 1 aromatic carbocycles. The molecule has 0 aliphatic carbocycles. The Balaban J connectivity index is 2.27. The lowest BCUT2D eigenvalue weighted by Gasteiger charge is -2.27. The fourth-order valence-electron chi connectivity index (χ4n) is 2.33. The molecule has 0 aromatic heterocycles. The first-order valence-corrected chi connectivity index (χ1v) is 7.80. The summed E-state index contributed by atoms with van der Waals surface area (Å²) in [6, 6.07) is 7.50. The molecule has 110 valence electrons. The van der Waals surface area contributed by atoms with Crippen molar-refractivity contribution < 1.29 is 14.7 Å². The lowest BCUT2D eigenvalue weighted by Crippen LogP contribution is -2.45. The van der Waals surface area contributed by atoms with Crippen molar-refractivity contribution in [3.05, 3.63) is 35.4 Å². The minimum atomic E-state index is -0.969. The zero-order valence-corrected chi connectivity index (χ0v) is 12.5. The van der Waals surface area contributed by atoms with Crippen molar-refractivity contribution in [3.63, 3.8) is 0 Å². The summed E-state index contributed by atoms with van der Waals surface area (Å²) in [4.78, 5) is 25.4. The molecule has 6 heteroatoms. The molecule has 1 aliphatic rings. The number of carboxylic acid groups (broad SMARTS) is 1. The molecule has 1 amide bonds. The Kier molecular flexibility index (Phi) is 4.86. The Morgan fingerprint density at radius 3 is 2.62 bits per heavy atom. The van der Waals surface area contributed by atoms with Gasteiger partial charge < -0.3 is 10.0 Å². The van der Waals surface area contributed by atoms with Crippen LogP contribution >= 0.6 is 11.8 Å². The summed E-state index contributed by atoms with van der Waals surface area (Å²) in [5.74, 6) is -0.833. The molecule has 1 N–H and O–H groups in total. The third-order valence-electron chi connectivity index (χ3n) is 3.41. The standard InChI is InChI=1S/C15H16N2O3S/c1-2-3-13-17(12(9-21-13)15(19)20)14(18)11-6-4-10(8-16)5-7-11/h4-7,12-13H,2-3,9H2,1H3,(H,19,20). The highest BCUT2D eigenvalue weighted by atomic mass is 32.2. The zero-order valence-electron chi connectivity index (χ0n) is 11.7. The third kappa shape index (κ3) is 3.19. The van der Waals surface area contributed by atoms with Crippen molar-refractivity contribution in [3.8, 4) is 6.07 Å². The number of nitriles is 1. The molecule has 1 aromatic rings. The monoisotopic (exact) mass is 304 g/mol. The van der Waals surface area contributed by atoms with Crippen LogP contribution in [0.25, 0.3) is 0 Å². The summed E-state index contributed by atoms with van der Waals surface area (Å²) < 4.78 is 0. The van der Waals surface area contributed by atoms with Crippen LogP contribution in [0.1, 0.15) is 35.7 Å². The fraction of sp³-hybridized carbons (Fsp3) is 0.400. The van der Waals surface area contributed by atoms with E-state index in [2.05, 4.69) is 0 Å². The van der Waals surface area contributed by atoms with Gasteiger partial charge in [0.1, 0.15) is 6.04 Å². The molecule has 2 atom stereocenters. The lowest BCUT2D eigenvalue weighted by atomic mass is 10.1. The van der Waals surface area contributed by atoms with Crippen LogP contribution in [-0.4, -0.2) is 39.1 Å². The molecule has 2 rings (SSSR count). The summed E-state index contributed by atoms with van der Waals surface area (Å²) in [6.07, 6.45) is 1.66. The summed E-state index contributed by atoms with van der Waals surface area (Å²) in [5, 5.41) is 18.0. The van der Waals surface area contributed by atoms with Crippen LogP contribution in [0.5, 0.6) is 0 Å². The van der Waals surface area contributed by atoms with Crippen molar-refractivity contribution in [2.45, 2.75) is 31.2 Å². The average Bonchev–Trinajstić information content (AvgIpc) is 2.91. The Labute approximate surface area is 127 Å².